The molecule has 1 amide bonds. The van der Waals surface area contributed by atoms with Crippen LogP contribution in [0.5, 0.6) is 0 Å². The van der Waals surface area contributed by atoms with Crippen LogP contribution in [0.25, 0.3) is 0 Å². The lowest BCUT2D eigenvalue weighted by Gasteiger charge is -2.16. The van der Waals surface area contributed by atoms with Crippen molar-refractivity contribution >= 4 is 27.7 Å². The zero-order valence-electron chi connectivity index (χ0n) is 16.1. The van der Waals surface area contributed by atoms with Crippen molar-refractivity contribution in [2.24, 2.45) is 0 Å². The maximum atomic E-state index is 12.2. The van der Waals surface area contributed by atoms with E-state index in [1.54, 1.807) is 36.0 Å². The topological polar surface area (TPSA) is 66.5 Å². The number of nitrogens with zero attached hydrogens (tertiary/aromatic N) is 1. The Kier molecular flexibility index (Phi) is 7.47. The van der Waals surface area contributed by atoms with E-state index in [2.05, 4.69) is 30.4 Å². The normalized spacial score (nSPS) is 12.8. The Labute approximate surface area is 166 Å². The number of hydrogen-bond donors (Lipinski definition) is 1. The molecular formula is C20H26N2O3S2. The molecule has 1 atom stereocenters. The Morgan fingerprint density at radius 1 is 1.15 bits per heavy atom. The second kappa shape index (κ2) is 9.39. The number of aryl methyl sites for hydroxylation is 1. The molecule has 0 saturated carbocycles. The number of carbonyl (C=O) groups excluding carboxylic acids is 1. The highest BCUT2D eigenvalue weighted by atomic mass is 32.2. The van der Waals surface area contributed by atoms with Gasteiger partial charge in [-0.1, -0.05) is 42.0 Å². The van der Waals surface area contributed by atoms with E-state index in [1.165, 1.54) is 29.5 Å². The smallest absolute Gasteiger partial charge is 0.242 e. The lowest BCUT2D eigenvalue weighted by Crippen LogP contribution is -2.28. The van der Waals surface area contributed by atoms with Crippen LogP contribution in [0.4, 0.5) is 0 Å². The van der Waals surface area contributed by atoms with Crippen LogP contribution in [0.2, 0.25) is 0 Å². The molecule has 0 aliphatic rings. The van der Waals surface area contributed by atoms with E-state index in [0.29, 0.717) is 5.75 Å². The summed E-state index contributed by atoms with van der Waals surface area (Å²) in [7, 11) is -0.440. The third kappa shape index (κ3) is 6.09. The minimum absolute atomic E-state index is 0.0369. The number of carbonyl (C=O) groups is 1. The van der Waals surface area contributed by atoms with Gasteiger partial charge in [-0.25, -0.2) is 12.7 Å². The van der Waals surface area contributed by atoms with Gasteiger partial charge in [0.15, 0.2) is 0 Å². The van der Waals surface area contributed by atoms with Crippen LogP contribution in [-0.2, 0) is 20.6 Å². The number of thioether (sulfide) groups is 1. The van der Waals surface area contributed by atoms with Crippen LogP contribution in [0.15, 0.2) is 53.4 Å². The SMILES string of the molecule is Cc1cccc(CSCC(=O)NC(C)c2ccc(S(=O)(=O)N(C)C)cc2)c1. The van der Waals surface area contributed by atoms with Crippen molar-refractivity contribution in [2.75, 3.05) is 19.8 Å². The maximum absolute atomic E-state index is 12.2. The molecule has 146 valence electrons. The molecule has 27 heavy (non-hydrogen) atoms. The van der Waals surface area contributed by atoms with Crippen molar-refractivity contribution in [1.82, 2.24) is 9.62 Å². The van der Waals surface area contributed by atoms with Crippen LogP contribution in [-0.4, -0.2) is 38.5 Å². The number of nitrogens with one attached hydrogen (secondary N) is 1. The van der Waals surface area contributed by atoms with Crippen molar-refractivity contribution in [3.8, 4) is 0 Å². The molecule has 0 aliphatic carbocycles. The highest BCUT2D eigenvalue weighted by molar-refractivity contribution is 7.99. The number of rotatable bonds is 8. The van der Waals surface area contributed by atoms with Crippen molar-refractivity contribution in [2.45, 2.75) is 30.5 Å². The largest absolute Gasteiger partial charge is 0.349 e. The van der Waals surface area contributed by atoms with E-state index in [9.17, 15) is 13.2 Å². The highest BCUT2D eigenvalue weighted by Crippen LogP contribution is 2.19. The average molecular weight is 407 g/mol. The third-order valence-corrected chi connectivity index (χ3v) is 6.95. The fourth-order valence-electron chi connectivity index (χ4n) is 2.57. The Bertz CT molecular complexity index is 878. The summed E-state index contributed by atoms with van der Waals surface area (Å²) >= 11 is 1.57. The minimum Gasteiger partial charge on any atom is -0.349 e. The fraction of sp³-hybridized carbons (Fsp3) is 0.350. The monoisotopic (exact) mass is 406 g/mol. The molecule has 0 bridgehead atoms. The van der Waals surface area contributed by atoms with Crippen molar-refractivity contribution in [3.63, 3.8) is 0 Å². The summed E-state index contributed by atoms with van der Waals surface area (Å²) in [6.45, 7) is 3.94. The van der Waals surface area contributed by atoms with E-state index in [1.807, 2.05) is 13.0 Å². The summed E-state index contributed by atoms with van der Waals surface area (Å²) in [5.74, 6) is 1.14. The van der Waals surface area contributed by atoms with E-state index in [-0.39, 0.29) is 16.8 Å². The maximum Gasteiger partial charge on any atom is 0.242 e. The summed E-state index contributed by atoms with van der Waals surface area (Å²) < 4.78 is 25.4. The molecule has 2 aromatic rings. The highest BCUT2D eigenvalue weighted by Gasteiger charge is 2.17. The van der Waals surface area contributed by atoms with Gasteiger partial charge in [0, 0.05) is 19.8 Å². The molecule has 0 radical (unpaired) electrons. The Balaban J connectivity index is 1.87. The van der Waals surface area contributed by atoms with Gasteiger partial charge >= 0.3 is 0 Å². The first-order valence-corrected chi connectivity index (χ1v) is 11.2. The van der Waals surface area contributed by atoms with Crippen LogP contribution < -0.4 is 5.32 Å². The van der Waals surface area contributed by atoms with Crippen LogP contribution in [0.1, 0.15) is 29.7 Å². The molecule has 0 saturated heterocycles. The number of sulfonamides is 1. The van der Waals surface area contributed by atoms with Gasteiger partial charge < -0.3 is 5.32 Å². The predicted molar refractivity (Wildman–Crippen MR) is 111 cm³/mol. The summed E-state index contributed by atoms with van der Waals surface area (Å²) in [5, 5.41) is 2.96. The fourth-order valence-corrected chi connectivity index (χ4v) is 4.26. The first kappa shape index (κ1) is 21.5. The van der Waals surface area contributed by atoms with Gasteiger partial charge in [-0.15, -0.1) is 11.8 Å². The van der Waals surface area contributed by atoms with Crippen molar-refractivity contribution in [1.29, 1.82) is 0 Å². The number of hydrogen-bond acceptors (Lipinski definition) is 4. The van der Waals surface area contributed by atoms with Crippen LogP contribution in [0.3, 0.4) is 0 Å². The average Bonchev–Trinajstić information content (AvgIpc) is 2.61. The van der Waals surface area contributed by atoms with Crippen molar-refractivity contribution < 1.29 is 13.2 Å². The molecule has 0 fully saturated rings. The third-order valence-electron chi connectivity index (χ3n) is 4.12. The Hall–Kier alpha value is -1.83. The minimum atomic E-state index is -3.44. The Morgan fingerprint density at radius 2 is 1.81 bits per heavy atom. The van der Waals surface area contributed by atoms with Gasteiger partial charge in [-0.2, -0.15) is 0 Å². The number of amides is 1. The molecule has 2 rings (SSSR count). The molecule has 0 aromatic heterocycles. The molecular weight excluding hydrogens is 380 g/mol. The summed E-state index contributed by atoms with van der Waals surface area (Å²) in [6, 6.07) is 14.7. The summed E-state index contributed by atoms with van der Waals surface area (Å²) in [6.07, 6.45) is 0. The zero-order valence-corrected chi connectivity index (χ0v) is 17.7. The molecule has 0 aliphatic heterocycles. The predicted octanol–water partition coefficient (Wildman–Crippen LogP) is 3.36. The second-order valence-corrected chi connectivity index (χ2v) is 9.76. The molecule has 7 heteroatoms. The van der Waals surface area contributed by atoms with Gasteiger partial charge in [0.2, 0.25) is 15.9 Å². The lowest BCUT2D eigenvalue weighted by molar-refractivity contribution is -0.119. The van der Waals surface area contributed by atoms with Crippen LogP contribution >= 0.6 is 11.8 Å². The molecule has 5 nitrogen and oxygen atoms in total. The van der Waals surface area contributed by atoms with E-state index < -0.39 is 10.0 Å². The Morgan fingerprint density at radius 3 is 2.41 bits per heavy atom. The van der Waals surface area contributed by atoms with Gasteiger partial charge in [-0.3, -0.25) is 4.79 Å². The molecule has 0 spiro atoms. The second-order valence-electron chi connectivity index (χ2n) is 6.63. The van der Waals surface area contributed by atoms with Gasteiger partial charge in [0.05, 0.1) is 16.7 Å². The molecule has 0 heterocycles. The van der Waals surface area contributed by atoms with E-state index in [0.717, 1.165) is 11.3 Å². The van der Waals surface area contributed by atoms with Gasteiger partial charge in [0.25, 0.3) is 0 Å². The summed E-state index contributed by atoms with van der Waals surface area (Å²) in [5.41, 5.74) is 3.29. The van der Waals surface area contributed by atoms with Gasteiger partial charge in [0.1, 0.15) is 0 Å². The summed E-state index contributed by atoms with van der Waals surface area (Å²) in [4.78, 5) is 12.4. The van der Waals surface area contributed by atoms with E-state index >= 15 is 0 Å². The van der Waals surface area contributed by atoms with Crippen LogP contribution in [0, 0.1) is 6.92 Å². The van der Waals surface area contributed by atoms with E-state index in [4.69, 9.17) is 0 Å². The molecule has 1 unspecified atom stereocenters. The molecule has 1 N–H and O–H groups in total. The lowest BCUT2D eigenvalue weighted by atomic mass is 10.1. The molecule has 2 aromatic carbocycles. The zero-order chi connectivity index (χ0) is 20.0. The first-order valence-electron chi connectivity index (χ1n) is 8.65. The quantitative estimate of drug-likeness (QED) is 0.730. The van der Waals surface area contributed by atoms with Crippen molar-refractivity contribution in [3.05, 3.63) is 65.2 Å². The van der Waals surface area contributed by atoms with Gasteiger partial charge in [-0.05, 0) is 37.1 Å². The standard InChI is InChI=1S/C20H26N2O3S2/c1-15-6-5-7-17(12-15)13-26-14-20(23)21-16(2)18-8-10-19(11-9-18)27(24,25)22(3)4/h5-12,16H,13-14H2,1-4H3,(H,21,23). The number of benzene rings is 2. The first-order chi connectivity index (χ1) is 12.7.